The van der Waals surface area contributed by atoms with E-state index in [0.29, 0.717) is 18.8 Å². The molecule has 0 fully saturated rings. The van der Waals surface area contributed by atoms with Crippen LogP contribution in [-0.4, -0.2) is 40.6 Å². The predicted molar refractivity (Wildman–Crippen MR) is 55.4 cm³/mol. The Hall–Kier alpha value is -0.940. The lowest BCUT2D eigenvalue weighted by molar-refractivity contribution is 0.0717. The highest BCUT2D eigenvalue weighted by Crippen LogP contribution is 2.05. The van der Waals surface area contributed by atoms with E-state index in [9.17, 15) is 4.79 Å². The van der Waals surface area contributed by atoms with E-state index in [-0.39, 0.29) is 12.5 Å². The molecule has 0 saturated carbocycles. The molecule has 0 atom stereocenters. The van der Waals surface area contributed by atoms with Gasteiger partial charge in [0.25, 0.3) is 5.91 Å². The number of aromatic nitrogens is 1. The number of hydrogen-bond acceptors (Lipinski definition) is 4. The van der Waals surface area contributed by atoms with Crippen molar-refractivity contribution in [2.75, 3.05) is 19.7 Å². The first-order valence-electron chi connectivity index (χ1n) is 4.58. The smallest absolute Gasteiger partial charge is 0.273 e. The molecule has 0 aromatic carbocycles. The number of nitrogens with zero attached hydrogens (tertiary/aromatic N) is 2. The summed E-state index contributed by atoms with van der Waals surface area (Å²) in [5.41, 5.74) is 2.10. The molecule has 4 nitrogen and oxygen atoms in total. The van der Waals surface area contributed by atoms with E-state index in [1.54, 1.807) is 15.8 Å². The second-order valence-electron chi connectivity index (χ2n) is 2.89. The van der Waals surface area contributed by atoms with E-state index < -0.39 is 0 Å². The maximum atomic E-state index is 11.7. The zero-order valence-corrected chi connectivity index (χ0v) is 8.96. The molecule has 0 aliphatic heterocycles. The van der Waals surface area contributed by atoms with Gasteiger partial charge in [-0.1, -0.05) is 6.92 Å². The van der Waals surface area contributed by atoms with Crippen molar-refractivity contribution in [3.05, 3.63) is 16.6 Å². The third kappa shape index (κ3) is 2.78. The van der Waals surface area contributed by atoms with Crippen LogP contribution in [0.15, 0.2) is 10.9 Å². The number of amides is 1. The summed E-state index contributed by atoms with van der Waals surface area (Å²) in [5, 5.41) is 10.5. The van der Waals surface area contributed by atoms with Gasteiger partial charge in [0.1, 0.15) is 5.69 Å². The Morgan fingerprint density at radius 3 is 2.93 bits per heavy atom. The van der Waals surface area contributed by atoms with Crippen molar-refractivity contribution in [3.63, 3.8) is 0 Å². The predicted octanol–water partition coefficient (Wildman–Crippen LogP) is 0.988. The van der Waals surface area contributed by atoms with Crippen molar-refractivity contribution in [3.8, 4) is 0 Å². The Bertz CT molecular complexity index is 268. The van der Waals surface area contributed by atoms with Crippen molar-refractivity contribution in [2.24, 2.45) is 0 Å². The van der Waals surface area contributed by atoms with Gasteiger partial charge in [0.2, 0.25) is 0 Å². The molecular formula is C9H14N2O2S. The van der Waals surface area contributed by atoms with Gasteiger partial charge < -0.3 is 10.0 Å². The Kier molecular flexibility index (Phi) is 4.55. The minimum atomic E-state index is -0.0952. The lowest BCUT2D eigenvalue weighted by atomic mass is 10.3. The zero-order chi connectivity index (χ0) is 10.4. The molecular weight excluding hydrogens is 200 g/mol. The number of aliphatic hydroxyl groups excluding tert-OH is 1. The van der Waals surface area contributed by atoms with Crippen molar-refractivity contribution in [1.29, 1.82) is 0 Å². The molecule has 1 aromatic rings. The minimum absolute atomic E-state index is 0.00409. The van der Waals surface area contributed by atoms with E-state index in [1.165, 1.54) is 11.3 Å². The first-order chi connectivity index (χ1) is 6.79. The first-order valence-corrected chi connectivity index (χ1v) is 5.52. The van der Waals surface area contributed by atoms with Crippen LogP contribution in [0.25, 0.3) is 0 Å². The largest absolute Gasteiger partial charge is 0.395 e. The highest BCUT2D eigenvalue weighted by molar-refractivity contribution is 7.07. The maximum Gasteiger partial charge on any atom is 0.273 e. The van der Waals surface area contributed by atoms with Crippen LogP contribution >= 0.6 is 11.3 Å². The minimum Gasteiger partial charge on any atom is -0.395 e. The summed E-state index contributed by atoms with van der Waals surface area (Å²) in [4.78, 5) is 17.3. The van der Waals surface area contributed by atoms with Gasteiger partial charge in [0, 0.05) is 18.5 Å². The molecule has 14 heavy (non-hydrogen) atoms. The number of thiazole rings is 1. The molecule has 0 aliphatic rings. The van der Waals surface area contributed by atoms with Crippen molar-refractivity contribution in [2.45, 2.75) is 13.3 Å². The molecule has 1 N–H and O–H groups in total. The van der Waals surface area contributed by atoms with Crippen LogP contribution in [0.3, 0.4) is 0 Å². The summed E-state index contributed by atoms with van der Waals surface area (Å²) in [6.45, 7) is 3.04. The van der Waals surface area contributed by atoms with Gasteiger partial charge in [-0.2, -0.15) is 0 Å². The summed E-state index contributed by atoms with van der Waals surface area (Å²) < 4.78 is 0. The Morgan fingerprint density at radius 1 is 1.64 bits per heavy atom. The highest BCUT2D eigenvalue weighted by Gasteiger charge is 2.15. The fourth-order valence-corrected chi connectivity index (χ4v) is 1.71. The lowest BCUT2D eigenvalue weighted by Crippen LogP contribution is -2.34. The standard InChI is InChI=1S/C9H14N2O2S/c1-2-3-11(4-5-12)9(13)8-6-14-7-10-8/h6-7,12H,2-5H2,1H3. The molecule has 0 aliphatic carbocycles. The van der Waals surface area contributed by atoms with Gasteiger partial charge in [0.05, 0.1) is 12.1 Å². The van der Waals surface area contributed by atoms with Gasteiger partial charge in [-0.15, -0.1) is 11.3 Å². The molecule has 1 heterocycles. The molecule has 1 rings (SSSR count). The molecule has 78 valence electrons. The van der Waals surface area contributed by atoms with E-state index in [1.807, 2.05) is 6.92 Å². The monoisotopic (exact) mass is 214 g/mol. The van der Waals surface area contributed by atoms with Gasteiger partial charge in [-0.25, -0.2) is 4.98 Å². The highest BCUT2D eigenvalue weighted by atomic mass is 32.1. The number of carbonyl (C=O) groups excluding carboxylic acids is 1. The van der Waals surface area contributed by atoms with Gasteiger partial charge in [-0.3, -0.25) is 4.79 Å². The van der Waals surface area contributed by atoms with Gasteiger partial charge in [0.15, 0.2) is 0 Å². The van der Waals surface area contributed by atoms with E-state index in [4.69, 9.17) is 5.11 Å². The SMILES string of the molecule is CCCN(CCO)C(=O)c1cscn1. The van der Waals surface area contributed by atoms with Crippen LogP contribution in [0, 0.1) is 0 Å². The van der Waals surface area contributed by atoms with E-state index in [2.05, 4.69) is 4.98 Å². The van der Waals surface area contributed by atoms with Crippen LogP contribution in [0.1, 0.15) is 23.8 Å². The normalized spacial score (nSPS) is 10.1. The fraction of sp³-hybridized carbons (Fsp3) is 0.556. The van der Waals surface area contributed by atoms with E-state index in [0.717, 1.165) is 6.42 Å². The quantitative estimate of drug-likeness (QED) is 0.795. The third-order valence-corrected chi connectivity index (χ3v) is 2.39. The molecule has 1 aromatic heterocycles. The van der Waals surface area contributed by atoms with E-state index >= 15 is 0 Å². The molecule has 0 bridgehead atoms. The van der Waals surface area contributed by atoms with Crippen molar-refractivity contribution in [1.82, 2.24) is 9.88 Å². The molecule has 0 saturated heterocycles. The summed E-state index contributed by atoms with van der Waals surface area (Å²) in [7, 11) is 0. The zero-order valence-electron chi connectivity index (χ0n) is 8.14. The third-order valence-electron chi connectivity index (χ3n) is 1.80. The van der Waals surface area contributed by atoms with Gasteiger partial charge >= 0.3 is 0 Å². The Morgan fingerprint density at radius 2 is 2.43 bits per heavy atom. The van der Waals surface area contributed by atoms with Crippen LogP contribution < -0.4 is 0 Å². The van der Waals surface area contributed by atoms with Crippen molar-refractivity contribution < 1.29 is 9.90 Å². The lowest BCUT2D eigenvalue weighted by Gasteiger charge is -2.19. The molecule has 0 radical (unpaired) electrons. The second kappa shape index (κ2) is 5.72. The summed E-state index contributed by atoms with van der Waals surface area (Å²) in [5.74, 6) is -0.0952. The Balaban J connectivity index is 2.63. The maximum absolute atomic E-state index is 11.7. The van der Waals surface area contributed by atoms with Crippen molar-refractivity contribution >= 4 is 17.2 Å². The molecule has 0 spiro atoms. The van der Waals surface area contributed by atoms with Crippen LogP contribution in [0.5, 0.6) is 0 Å². The average Bonchev–Trinajstić information content (AvgIpc) is 2.69. The van der Waals surface area contributed by atoms with Gasteiger partial charge in [-0.05, 0) is 6.42 Å². The first kappa shape index (κ1) is 11.1. The summed E-state index contributed by atoms with van der Waals surface area (Å²) >= 11 is 1.40. The number of hydrogen-bond donors (Lipinski definition) is 1. The van der Waals surface area contributed by atoms with Crippen LogP contribution in [0.2, 0.25) is 0 Å². The topological polar surface area (TPSA) is 53.4 Å². The molecule has 5 heteroatoms. The molecule has 1 amide bonds. The Labute approximate surface area is 87.2 Å². The summed E-state index contributed by atoms with van der Waals surface area (Å²) in [6.07, 6.45) is 0.885. The molecule has 0 unspecified atom stereocenters. The number of aliphatic hydroxyl groups is 1. The average molecular weight is 214 g/mol. The van der Waals surface area contributed by atoms with Crippen LogP contribution in [0.4, 0.5) is 0 Å². The second-order valence-corrected chi connectivity index (χ2v) is 3.61. The van der Waals surface area contributed by atoms with Crippen LogP contribution in [-0.2, 0) is 0 Å². The number of carbonyl (C=O) groups is 1. The number of rotatable bonds is 5. The fourth-order valence-electron chi connectivity index (χ4n) is 1.19. The summed E-state index contributed by atoms with van der Waals surface area (Å²) in [6, 6.07) is 0.